The summed E-state index contributed by atoms with van der Waals surface area (Å²) in [7, 11) is -3.60. The molecule has 2 unspecified atom stereocenters. The summed E-state index contributed by atoms with van der Waals surface area (Å²) < 4.78 is 24.6. The quantitative estimate of drug-likeness (QED) is 0.828. The van der Waals surface area contributed by atoms with Crippen LogP contribution >= 0.6 is 0 Å². The maximum Gasteiger partial charge on any atom is 0.308 e. The Bertz CT molecular complexity index is 666. The predicted molar refractivity (Wildman–Crippen MR) is 82.5 cm³/mol. The number of amides is 1. The number of hydrogen-bond acceptors (Lipinski definition) is 4. The van der Waals surface area contributed by atoms with Gasteiger partial charge in [0.2, 0.25) is 0 Å². The second kappa shape index (κ2) is 6.91. The Balaban J connectivity index is 3.13. The van der Waals surface area contributed by atoms with Gasteiger partial charge >= 0.3 is 5.97 Å². The average Bonchev–Trinajstić information content (AvgIpc) is 2.45. The number of hydrogen-bond donors (Lipinski definition) is 2. The van der Waals surface area contributed by atoms with Crippen LogP contribution in [0.3, 0.4) is 0 Å². The summed E-state index contributed by atoms with van der Waals surface area (Å²) in [5.74, 6) is -2.41. The van der Waals surface area contributed by atoms with Gasteiger partial charge in [0.1, 0.15) is 0 Å². The number of benzene rings is 1. The first-order valence-electron chi connectivity index (χ1n) is 6.95. The monoisotopic (exact) mass is 327 g/mol. The van der Waals surface area contributed by atoms with Crippen LogP contribution in [0.15, 0.2) is 29.2 Å². The van der Waals surface area contributed by atoms with Gasteiger partial charge in [-0.1, -0.05) is 12.1 Å². The van der Waals surface area contributed by atoms with Crippen molar-refractivity contribution in [3.8, 4) is 0 Å². The largest absolute Gasteiger partial charge is 0.481 e. The number of aliphatic carboxylic acids is 1. The number of carboxylic acid groups (broad SMARTS) is 1. The number of sulfone groups is 1. The molecule has 0 aliphatic rings. The second-order valence-electron chi connectivity index (χ2n) is 5.48. The summed E-state index contributed by atoms with van der Waals surface area (Å²) in [4.78, 5) is 23.2. The van der Waals surface area contributed by atoms with Crippen LogP contribution in [0.25, 0.3) is 0 Å². The summed E-state index contributed by atoms with van der Waals surface area (Å²) in [6, 6.07) is 5.30. The van der Waals surface area contributed by atoms with Gasteiger partial charge in [0.25, 0.3) is 5.91 Å². The molecule has 1 aromatic carbocycles. The minimum atomic E-state index is -3.60. The zero-order valence-corrected chi connectivity index (χ0v) is 13.8. The highest BCUT2D eigenvalue weighted by atomic mass is 32.2. The van der Waals surface area contributed by atoms with E-state index in [2.05, 4.69) is 5.32 Å². The molecule has 0 saturated heterocycles. The van der Waals surface area contributed by atoms with Crippen LogP contribution in [0, 0.1) is 5.92 Å². The SMILES string of the molecule is CC(NC(=O)c1ccccc1S(=O)(=O)C(C)C)C(C)C(=O)O. The van der Waals surface area contributed by atoms with Crippen LogP contribution in [0.4, 0.5) is 0 Å². The molecule has 1 amide bonds. The number of carbonyl (C=O) groups is 2. The van der Waals surface area contributed by atoms with E-state index in [9.17, 15) is 18.0 Å². The highest BCUT2D eigenvalue weighted by Crippen LogP contribution is 2.20. The van der Waals surface area contributed by atoms with Crippen molar-refractivity contribution in [1.29, 1.82) is 0 Å². The van der Waals surface area contributed by atoms with Crippen molar-refractivity contribution in [2.45, 2.75) is 43.9 Å². The first-order valence-corrected chi connectivity index (χ1v) is 8.50. The molecule has 0 spiro atoms. The fourth-order valence-corrected chi connectivity index (χ4v) is 3.02. The molecule has 122 valence electrons. The molecule has 0 heterocycles. The van der Waals surface area contributed by atoms with Gasteiger partial charge < -0.3 is 10.4 Å². The minimum absolute atomic E-state index is 0.0284. The fourth-order valence-electron chi connectivity index (χ4n) is 1.78. The van der Waals surface area contributed by atoms with Crippen LogP contribution in [0.5, 0.6) is 0 Å². The van der Waals surface area contributed by atoms with Crippen molar-refractivity contribution < 1.29 is 23.1 Å². The van der Waals surface area contributed by atoms with E-state index in [1.807, 2.05) is 0 Å². The van der Waals surface area contributed by atoms with Gasteiger partial charge in [-0.05, 0) is 39.8 Å². The predicted octanol–water partition coefficient (Wildman–Crippen LogP) is 1.71. The molecule has 0 fully saturated rings. The fraction of sp³-hybridized carbons (Fsp3) is 0.467. The first kappa shape index (κ1) is 18.2. The van der Waals surface area contributed by atoms with Crippen molar-refractivity contribution in [3.05, 3.63) is 29.8 Å². The topological polar surface area (TPSA) is 101 Å². The molecule has 22 heavy (non-hydrogen) atoms. The van der Waals surface area contributed by atoms with Crippen LogP contribution < -0.4 is 5.32 Å². The molecule has 2 atom stereocenters. The second-order valence-corrected chi connectivity index (χ2v) is 7.95. The Morgan fingerprint density at radius 3 is 2.14 bits per heavy atom. The van der Waals surface area contributed by atoms with E-state index in [1.54, 1.807) is 32.9 Å². The number of rotatable bonds is 6. The third-order valence-electron chi connectivity index (χ3n) is 3.56. The van der Waals surface area contributed by atoms with Gasteiger partial charge in [-0.3, -0.25) is 9.59 Å². The minimum Gasteiger partial charge on any atom is -0.481 e. The summed E-state index contributed by atoms with van der Waals surface area (Å²) >= 11 is 0. The van der Waals surface area contributed by atoms with Crippen LogP contribution in [0.2, 0.25) is 0 Å². The molecule has 0 bridgehead atoms. The molecule has 1 rings (SSSR count). The number of nitrogens with one attached hydrogen (secondary N) is 1. The maximum absolute atomic E-state index is 12.3. The van der Waals surface area contributed by atoms with E-state index in [1.165, 1.54) is 19.1 Å². The normalized spacial score (nSPS) is 14.4. The lowest BCUT2D eigenvalue weighted by atomic mass is 10.0. The molecule has 7 heteroatoms. The first-order chi connectivity index (χ1) is 10.1. The van der Waals surface area contributed by atoms with Crippen molar-refractivity contribution in [3.63, 3.8) is 0 Å². The van der Waals surface area contributed by atoms with E-state index in [4.69, 9.17) is 5.11 Å². The Labute approximate surface area is 130 Å². The van der Waals surface area contributed by atoms with E-state index in [0.29, 0.717) is 0 Å². The Hall–Kier alpha value is -1.89. The van der Waals surface area contributed by atoms with E-state index in [0.717, 1.165) is 0 Å². The highest BCUT2D eigenvalue weighted by Gasteiger charge is 2.27. The zero-order chi connectivity index (χ0) is 17.1. The number of carboxylic acids is 1. The van der Waals surface area contributed by atoms with Gasteiger partial charge in [-0.25, -0.2) is 8.42 Å². The molecule has 1 aromatic rings. The molecule has 0 aliphatic carbocycles. The lowest BCUT2D eigenvalue weighted by Gasteiger charge is -2.19. The molecule has 6 nitrogen and oxygen atoms in total. The standard InChI is InChI=1S/C15H21NO5S/c1-9(2)22(20,21)13-8-6-5-7-12(13)14(17)16-11(4)10(3)15(18)19/h5-11H,1-4H3,(H,16,17)(H,18,19). The van der Waals surface area contributed by atoms with Gasteiger partial charge in [-0.2, -0.15) is 0 Å². The molecule has 0 radical (unpaired) electrons. The molecular formula is C15H21NO5S. The summed E-state index contributed by atoms with van der Waals surface area (Å²) in [6.45, 7) is 6.12. The lowest BCUT2D eigenvalue weighted by molar-refractivity contribution is -0.141. The van der Waals surface area contributed by atoms with Gasteiger partial charge in [-0.15, -0.1) is 0 Å². The third-order valence-corrected chi connectivity index (χ3v) is 5.77. The van der Waals surface area contributed by atoms with Gasteiger partial charge in [0, 0.05) is 6.04 Å². The van der Waals surface area contributed by atoms with Crippen molar-refractivity contribution >= 4 is 21.7 Å². The van der Waals surface area contributed by atoms with Gasteiger partial charge in [0.05, 0.1) is 21.6 Å². The van der Waals surface area contributed by atoms with E-state index < -0.39 is 38.9 Å². The van der Waals surface area contributed by atoms with Crippen LogP contribution in [-0.2, 0) is 14.6 Å². The zero-order valence-electron chi connectivity index (χ0n) is 13.0. The third kappa shape index (κ3) is 3.85. The summed E-state index contributed by atoms with van der Waals surface area (Å²) in [6.07, 6.45) is 0. The number of carbonyl (C=O) groups excluding carboxylic acids is 1. The van der Waals surface area contributed by atoms with Gasteiger partial charge in [0.15, 0.2) is 9.84 Å². The van der Waals surface area contributed by atoms with E-state index >= 15 is 0 Å². The Kier molecular flexibility index (Phi) is 5.71. The molecule has 2 N–H and O–H groups in total. The average molecular weight is 327 g/mol. The Morgan fingerprint density at radius 1 is 1.09 bits per heavy atom. The van der Waals surface area contributed by atoms with Crippen LogP contribution in [-0.4, -0.2) is 36.7 Å². The summed E-state index contributed by atoms with van der Waals surface area (Å²) in [5.41, 5.74) is 0.0284. The maximum atomic E-state index is 12.3. The molecule has 0 aromatic heterocycles. The van der Waals surface area contributed by atoms with Crippen molar-refractivity contribution in [2.75, 3.05) is 0 Å². The smallest absolute Gasteiger partial charge is 0.308 e. The molecule has 0 aliphatic heterocycles. The summed E-state index contributed by atoms with van der Waals surface area (Å²) in [5, 5.41) is 10.8. The highest BCUT2D eigenvalue weighted by molar-refractivity contribution is 7.92. The molecule has 0 saturated carbocycles. The van der Waals surface area contributed by atoms with Crippen molar-refractivity contribution in [1.82, 2.24) is 5.32 Å². The Morgan fingerprint density at radius 2 is 1.64 bits per heavy atom. The van der Waals surface area contributed by atoms with E-state index in [-0.39, 0.29) is 10.5 Å². The lowest BCUT2D eigenvalue weighted by Crippen LogP contribution is -2.40. The molecular weight excluding hydrogens is 306 g/mol. The van der Waals surface area contributed by atoms with Crippen LogP contribution in [0.1, 0.15) is 38.1 Å². The van der Waals surface area contributed by atoms with Crippen molar-refractivity contribution in [2.24, 2.45) is 5.92 Å².